The second kappa shape index (κ2) is 122. The van der Waals surface area contributed by atoms with Crippen molar-refractivity contribution in [3.63, 3.8) is 0 Å². The average Bonchev–Trinajstić information content (AvgIpc) is 0.722. The van der Waals surface area contributed by atoms with Crippen molar-refractivity contribution in [1.29, 1.82) is 0 Å². The molecule has 0 amide bonds. The van der Waals surface area contributed by atoms with Gasteiger partial charge in [0.05, 0.1) is 0 Å². The van der Waals surface area contributed by atoms with Gasteiger partial charge in [-0.2, -0.15) is 0 Å². The van der Waals surface area contributed by atoms with Gasteiger partial charge in [-0.05, 0) is 0 Å². The predicted molar refractivity (Wildman–Crippen MR) is 44.1 cm³/mol. The molecule has 0 radical (unpaired) electrons. The zero-order chi connectivity index (χ0) is 4.50. The van der Waals surface area contributed by atoms with Crippen molar-refractivity contribution in [3.05, 3.63) is 0 Å². The normalized spacial score (nSPS) is 2.95. The van der Waals surface area contributed by atoms with Crippen LogP contribution in [-0.4, -0.2) is 65.7 Å². The Bertz CT molecular complexity index is 63.9. The van der Waals surface area contributed by atoms with Gasteiger partial charge in [0.15, 0.2) is 0 Å². The number of hydrogen-bond donors (Lipinski definition) is 0. The van der Waals surface area contributed by atoms with Crippen LogP contribution in [0.4, 0.5) is 0 Å². The van der Waals surface area contributed by atoms with Gasteiger partial charge in [0.1, 0.15) is 0 Å². The fourth-order valence-corrected chi connectivity index (χ4v) is 0. The number of hydrogen-bond acceptors (Lipinski definition) is 4. The first-order valence-corrected chi connectivity index (χ1v) is 3.01. The molecule has 20 heteroatoms. The molecule has 0 saturated carbocycles. The van der Waals surface area contributed by atoms with E-state index in [1.54, 1.807) is 0 Å². The van der Waals surface area contributed by atoms with Gasteiger partial charge in [-0.3, -0.25) is 0 Å². The van der Waals surface area contributed by atoms with Crippen LogP contribution in [0.25, 0.3) is 0 Å². The SMILES string of the molecule is O.O.O.O.O.O.O.O.O.O.O.O.[Na+].[Na+].[Na+].[O]=[V]([O-])([O-])[O-]. The Labute approximate surface area is 183 Å². The molecule has 0 aromatic carbocycles. The van der Waals surface area contributed by atoms with Crippen LogP contribution < -0.4 is 101 Å². The summed E-state index contributed by atoms with van der Waals surface area (Å²) in [6.45, 7) is 0. The van der Waals surface area contributed by atoms with Crippen LogP contribution in [0.5, 0.6) is 0 Å². The second-order valence-electron chi connectivity index (χ2n) is 0.447. The summed E-state index contributed by atoms with van der Waals surface area (Å²) < 4.78 is 34.4. The molecule has 0 bridgehead atoms. The summed E-state index contributed by atoms with van der Waals surface area (Å²) in [6.07, 6.45) is 0. The Kier molecular flexibility index (Phi) is 1430. The second-order valence-corrected chi connectivity index (χ2v) is 1.84. The van der Waals surface area contributed by atoms with Crippen molar-refractivity contribution in [3.8, 4) is 0 Å². The van der Waals surface area contributed by atoms with Crippen molar-refractivity contribution in [2.75, 3.05) is 0 Å². The molecule has 0 aromatic heterocycles. The third kappa shape index (κ3) is 1050. The third-order valence-corrected chi connectivity index (χ3v) is 0. The summed E-state index contributed by atoms with van der Waals surface area (Å²) in [4.78, 5) is 0. The Morgan fingerprint density at radius 3 is 0.400 bits per heavy atom. The van der Waals surface area contributed by atoms with Crippen LogP contribution in [-0.2, 0) is 18.7 Å². The Morgan fingerprint density at radius 1 is 0.400 bits per heavy atom. The van der Waals surface area contributed by atoms with Gasteiger partial charge in [0.2, 0.25) is 0 Å². The quantitative estimate of drug-likeness (QED) is 0.357. The van der Waals surface area contributed by atoms with Crippen molar-refractivity contribution in [1.82, 2.24) is 0 Å². The van der Waals surface area contributed by atoms with Crippen LogP contribution >= 0.6 is 0 Å². The molecule has 20 heavy (non-hydrogen) atoms. The van der Waals surface area contributed by atoms with Crippen molar-refractivity contribution in [2.24, 2.45) is 0 Å². The zero-order valence-electron chi connectivity index (χ0n) is 11.1. The molecule has 0 aliphatic heterocycles. The molecular formula is H24Na3O16V. The average molecular weight is 400 g/mol. The fourth-order valence-electron chi connectivity index (χ4n) is 0. The summed E-state index contributed by atoms with van der Waals surface area (Å²) in [5.41, 5.74) is 0. The molecule has 0 rings (SSSR count). The predicted octanol–water partition coefficient (Wildman–Crippen LogP) is -22.6. The van der Waals surface area contributed by atoms with E-state index in [1.165, 1.54) is 0 Å². The van der Waals surface area contributed by atoms with Gasteiger partial charge in [0, 0.05) is 0 Å². The van der Waals surface area contributed by atoms with E-state index in [0.717, 1.165) is 0 Å². The van der Waals surface area contributed by atoms with Crippen LogP contribution in [0.15, 0.2) is 0 Å². The standard InChI is InChI=1S/3Na.12H2O.4O.V/h;;;12*1H2;;;;;/q3*+1;;;;;;;;;;;;;;3*-1;. The minimum absolute atomic E-state index is 0. The Hall–Kier alpha value is 2.78. The van der Waals surface area contributed by atoms with E-state index in [9.17, 15) is 0 Å². The van der Waals surface area contributed by atoms with E-state index >= 15 is 0 Å². The van der Waals surface area contributed by atoms with E-state index in [2.05, 4.69) is 0 Å². The van der Waals surface area contributed by atoms with E-state index in [-0.39, 0.29) is 154 Å². The molecule has 0 aromatic rings. The first-order chi connectivity index (χ1) is 2.00. The maximum atomic E-state index is 8.61. The molecule has 16 nitrogen and oxygen atoms in total. The Balaban J connectivity index is -0.000000000762. The molecule has 0 atom stereocenters. The van der Waals surface area contributed by atoms with E-state index in [4.69, 9.17) is 15.8 Å². The van der Waals surface area contributed by atoms with E-state index < -0.39 is 15.0 Å². The summed E-state index contributed by atoms with van der Waals surface area (Å²) in [7, 11) is 0. The third-order valence-electron chi connectivity index (χ3n) is 0. The van der Waals surface area contributed by atoms with Crippen molar-refractivity contribution in [2.45, 2.75) is 0 Å². The van der Waals surface area contributed by atoms with Gasteiger partial charge < -0.3 is 65.7 Å². The van der Waals surface area contributed by atoms with Crippen molar-refractivity contribution >= 4 is 0 Å². The van der Waals surface area contributed by atoms with Gasteiger partial charge in [0.25, 0.3) is 0 Å². The molecule has 0 spiro atoms. The van der Waals surface area contributed by atoms with Gasteiger partial charge >= 0.3 is 119 Å². The summed E-state index contributed by atoms with van der Waals surface area (Å²) in [5.74, 6) is 0. The molecular weight excluding hydrogens is 376 g/mol. The summed E-state index contributed by atoms with van der Waals surface area (Å²) in [5, 5.41) is 0. The van der Waals surface area contributed by atoms with Gasteiger partial charge in [-0.1, -0.05) is 0 Å². The van der Waals surface area contributed by atoms with Crippen LogP contribution in [0.3, 0.4) is 0 Å². The summed E-state index contributed by atoms with van der Waals surface area (Å²) in [6, 6.07) is 0. The molecule has 0 aliphatic carbocycles. The monoisotopic (exact) mass is 400 g/mol. The van der Waals surface area contributed by atoms with Crippen LogP contribution in [0, 0.1) is 0 Å². The maximum absolute atomic E-state index is 8.61. The van der Waals surface area contributed by atoms with Gasteiger partial charge in [-0.25, -0.2) is 0 Å². The molecule has 0 unspecified atom stereocenters. The van der Waals surface area contributed by atoms with Crippen molar-refractivity contribution < 1.29 is 185 Å². The topological polar surface area (TPSA) is 464 Å². The van der Waals surface area contributed by atoms with Crippen LogP contribution in [0.1, 0.15) is 0 Å². The van der Waals surface area contributed by atoms with Gasteiger partial charge in [-0.15, -0.1) is 0 Å². The van der Waals surface area contributed by atoms with Crippen LogP contribution in [0.2, 0.25) is 0 Å². The minimum atomic E-state index is -5.88. The molecule has 0 fully saturated rings. The molecule has 128 valence electrons. The molecule has 0 aliphatic rings. The van der Waals surface area contributed by atoms with E-state index in [0.29, 0.717) is 0 Å². The molecule has 0 heterocycles. The fraction of sp³-hybridized carbons (Fsp3) is 0. The zero-order valence-corrected chi connectivity index (χ0v) is 18.5. The molecule has 24 N–H and O–H groups in total. The summed E-state index contributed by atoms with van der Waals surface area (Å²) >= 11 is -5.88. The first kappa shape index (κ1) is 235. The molecule has 0 saturated heterocycles. The first-order valence-electron chi connectivity index (χ1n) is 0.730. The Morgan fingerprint density at radius 2 is 0.400 bits per heavy atom. The van der Waals surface area contributed by atoms with E-state index in [1.807, 2.05) is 0 Å². The number of rotatable bonds is 0.